The van der Waals surface area contributed by atoms with Gasteiger partial charge in [0.1, 0.15) is 5.76 Å². The Labute approximate surface area is 196 Å². The summed E-state index contributed by atoms with van der Waals surface area (Å²) in [6, 6.07) is 10.8. The lowest BCUT2D eigenvalue weighted by Crippen LogP contribution is -2.58. The summed E-state index contributed by atoms with van der Waals surface area (Å²) in [4.78, 5) is 8.76. The molecule has 3 N–H and O–H groups in total. The largest absolute Gasteiger partial charge is 0.444 e. The molecule has 0 radical (unpaired) electrons. The number of guanidine groups is 1. The van der Waals surface area contributed by atoms with Gasteiger partial charge < -0.3 is 25.1 Å². The van der Waals surface area contributed by atoms with E-state index in [9.17, 15) is 0 Å². The lowest BCUT2D eigenvalue weighted by atomic mass is 9.88. The van der Waals surface area contributed by atoms with Crippen molar-refractivity contribution in [3.8, 4) is 0 Å². The van der Waals surface area contributed by atoms with E-state index < -0.39 is 0 Å². The number of oxazole rings is 1. The number of nitrogens with zero attached hydrogens (tertiary/aromatic N) is 2. The molecule has 2 aromatic rings. The van der Waals surface area contributed by atoms with Gasteiger partial charge in [-0.2, -0.15) is 0 Å². The molecular formula is C22H34IN5O2. The standard InChI is InChI=1S/C22H33N5O2.HI/c1-16-18(3)29-20(26-16)14-24-21(23-4)25-15-22(10-12-28-13-11-22)27-17(2)19-8-6-5-7-9-19;/h5-9,17,27H,10-15H2,1-4H3,(H2,23,24,25);1H. The van der Waals surface area contributed by atoms with E-state index in [0.29, 0.717) is 12.4 Å². The van der Waals surface area contributed by atoms with Crippen LogP contribution >= 0.6 is 24.0 Å². The van der Waals surface area contributed by atoms with Crippen molar-refractivity contribution in [3.05, 3.63) is 53.2 Å². The Kier molecular flexibility index (Phi) is 9.57. The van der Waals surface area contributed by atoms with E-state index in [2.05, 4.69) is 63.2 Å². The smallest absolute Gasteiger partial charge is 0.214 e. The minimum absolute atomic E-state index is 0. The van der Waals surface area contributed by atoms with Crippen LogP contribution in [0.3, 0.4) is 0 Å². The molecule has 3 rings (SSSR count). The summed E-state index contributed by atoms with van der Waals surface area (Å²) < 4.78 is 11.3. The van der Waals surface area contributed by atoms with Crippen molar-refractivity contribution in [1.82, 2.24) is 20.9 Å². The molecule has 7 nitrogen and oxygen atoms in total. The van der Waals surface area contributed by atoms with Gasteiger partial charge in [-0.25, -0.2) is 4.98 Å². The molecule has 1 aliphatic rings. The van der Waals surface area contributed by atoms with Gasteiger partial charge in [0.05, 0.1) is 12.2 Å². The molecular weight excluding hydrogens is 493 g/mol. The maximum Gasteiger partial charge on any atom is 0.214 e. The quantitative estimate of drug-likeness (QED) is 0.291. The molecule has 2 heterocycles. The summed E-state index contributed by atoms with van der Waals surface area (Å²) in [6.07, 6.45) is 1.90. The third-order valence-corrected chi connectivity index (χ3v) is 5.57. The SMILES string of the molecule is CN=C(NCc1nc(C)c(C)o1)NCC1(NC(C)c2ccccc2)CCOCC1.I. The first kappa shape index (κ1) is 24.6. The molecule has 0 amide bonds. The second-order valence-electron chi connectivity index (χ2n) is 7.70. The highest BCUT2D eigenvalue weighted by Crippen LogP contribution is 2.25. The van der Waals surface area contributed by atoms with Gasteiger partial charge in [-0.05, 0) is 39.2 Å². The highest BCUT2D eigenvalue weighted by atomic mass is 127. The summed E-state index contributed by atoms with van der Waals surface area (Å²) in [5.74, 6) is 2.25. The first-order valence-corrected chi connectivity index (χ1v) is 10.3. The van der Waals surface area contributed by atoms with Crippen LogP contribution in [-0.4, -0.2) is 43.3 Å². The van der Waals surface area contributed by atoms with Crippen LogP contribution in [0.15, 0.2) is 39.7 Å². The van der Waals surface area contributed by atoms with Crippen molar-refractivity contribution >= 4 is 29.9 Å². The summed E-state index contributed by atoms with van der Waals surface area (Å²) in [5, 5.41) is 10.6. The number of halogens is 1. The third-order valence-electron chi connectivity index (χ3n) is 5.57. The second kappa shape index (κ2) is 11.7. The number of aliphatic imine (C=N–C) groups is 1. The number of nitrogens with one attached hydrogen (secondary N) is 3. The molecule has 1 unspecified atom stereocenters. The first-order valence-electron chi connectivity index (χ1n) is 10.3. The maximum atomic E-state index is 5.64. The maximum absolute atomic E-state index is 5.64. The van der Waals surface area contributed by atoms with Crippen LogP contribution in [0, 0.1) is 13.8 Å². The molecule has 0 bridgehead atoms. The van der Waals surface area contributed by atoms with Crippen LogP contribution in [0.2, 0.25) is 0 Å². The van der Waals surface area contributed by atoms with Crippen molar-refractivity contribution in [3.63, 3.8) is 0 Å². The average Bonchev–Trinajstić information content (AvgIpc) is 3.07. The van der Waals surface area contributed by atoms with Gasteiger partial charge in [0.2, 0.25) is 5.89 Å². The monoisotopic (exact) mass is 527 g/mol. The van der Waals surface area contributed by atoms with E-state index >= 15 is 0 Å². The van der Waals surface area contributed by atoms with Gasteiger partial charge in [0.15, 0.2) is 5.96 Å². The fourth-order valence-corrected chi connectivity index (χ4v) is 3.67. The van der Waals surface area contributed by atoms with E-state index in [1.54, 1.807) is 7.05 Å². The minimum atomic E-state index is -0.0543. The number of hydrogen-bond donors (Lipinski definition) is 3. The van der Waals surface area contributed by atoms with Crippen LogP contribution in [0.5, 0.6) is 0 Å². The Morgan fingerprint density at radius 2 is 1.87 bits per heavy atom. The zero-order valence-corrected chi connectivity index (χ0v) is 20.7. The van der Waals surface area contributed by atoms with Gasteiger partial charge in [0, 0.05) is 38.4 Å². The van der Waals surface area contributed by atoms with E-state index in [1.807, 2.05) is 13.8 Å². The molecule has 0 aliphatic carbocycles. The Hall–Kier alpha value is -1.65. The highest BCUT2D eigenvalue weighted by molar-refractivity contribution is 14.0. The van der Waals surface area contributed by atoms with Crippen molar-refractivity contribution < 1.29 is 9.15 Å². The molecule has 0 spiro atoms. The number of aryl methyl sites for hydroxylation is 2. The van der Waals surface area contributed by atoms with Gasteiger partial charge in [-0.15, -0.1) is 24.0 Å². The van der Waals surface area contributed by atoms with Crippen molar-refractivity contribution in [2.75, 3.05) is 26.8 Å². The second-order valence-corrected chi connectivity index (χ2v) is 7.70. The lowest BCUT2D eigenvalue weighted by Gasteiger charge is -2.41. The van der Waals surface area contributed by atoms with Crippen LogP contribution < -0.4 is 16.0 Å². The van der Waals surface area contributed by atoms with Gasteiger partial charge in [0.25, 0.3) is 0 Å². The van der Waals surface area contributed by atoms with Crippen LogP contribution in [0.25, 0.3) is 0 Å². The van der Waals surface area contributed by atoms with E-state index in [4.69, 9.17) is 9.15 Å². The molecule has 8 heteroatoms. The molecule has 0 saturated carbocycles. The highest BCUT2D eigenvalue weighted by Gasteiger charge is 2.34. The normalized spacial score (nSPS) is 17.1. The van der Waals surface area contributed by atoms with Crippen molar-refractivity contribution in [2.45, 2.75) is 51.7 Å². The Bertz CT molecular complexity index is 784. The average molecular weight is 527 g/mol. The number of rotatable bonds is 7. The van der Waals surface area contributed by atoms with Crippen molar-refractivity contribution in [1.29, 1.82) is 0 Å². The van der Waals surface area contributed by atoms with Crippen LogP contribution in [0.1, 0.15) is 48.7 Å². The summed E-state index contributed by atoms with van der Waals surface area (Å²) in [7, 11) is 1.78. The fraction of sp³-hybridized carbons (Fsp3) is 0.545. The van der Waals surface area contributed by atoms with Gasteiger partial charge in [-0.3, -0.25) is 4.99 Å². The molecule has 1 atom stereocenters. The molecule has 1 aliphatic heterocycles. The topological polar surface area (TPSA) is 83.7 Å². The zero-order chi connectivity index (χ0) is 20.7. The van der Waals surface area contributed by atoms with E-state index in [0.717, 1.165) is 50.0 Å². The van der Waals surface area contributed by atoms with Crippen LogP contribution in [0.4, 0.5) is 0 Å². The Morgan fingerprint density at radius 1 is 1.17 bits per heavy atom. The number of aromatic nitrogens is 1. The van der Waals surface area contributed by atoms with Gasteiger partial charge in [-0.1, -0.05) is 30.3 Å². The number of ether oxygens (including phenoxy) is 1. The van der Waals surface area contributed by atoms with Crippen LogP contribution in [-0.2, 0) is 11.3 Å². The number of benzene rings is 1. The van der Waals surface area contributed by atoms with E-state index in [1.165, 1.54) is 5.56 Å². The molecule has 166 valence electrons. The van der Waals surface area contributed by atoms with Crippen molar-refractivity contribution in [2.24, 2.45) is 4.99 Å². The zero-order valence-electron chi connectivity index (χ0n) is 18.3. The lowest BCUT2D eigenvalue weighted by molar-refractivity contribution is 0.0355. The Morgan fingerprint density at radius 3 is 2.47 bits per heavy atom. The van der Waals surface area contributed by atoms with Gasteiger partial charge >= 0.3 is 0 Å². The predicted octanol–water partition coefficient (Wildman–Crippen LogP) is 3.47. The molecule has 30 heavy (non-hydrogen) atoms. The summed E-state index contributed by atoms with van der Waals surface area (Å²) in [6.45, 7) is 8.87. The Balaban J connectivity index is 0.00000320. The fourth-order valence-electron chi connectivity index (χ4n) is 3.67. The molecule has 1 aromatic heterocycles. The molecule has 1 saturated heterocycles. The summed E-state index contributed by atoms with van der Waals surface area (Å²) in [5.41, 5.74) is 2.15. The predicted molar refractivity (Wildman–Crippen MR) is 130 cm³/mol. The minimum Gasteiger partial charge on any atom is -0.444 e. The number of hydrogen-bond acceptors (Lipinski definition) is 5. The molecule has 1 aromatic carbocycles. The summed E-state index contributed by atoms with van der Waals surface area (Å²) >= 11 is 0. The third kappa shape index (κ3) is 6.68. The van der Waals surface area contributed by atoms with E-state index in [-0.39, 0.29) is 35.6 Å². The first-order chi connectivity index (χ1) is 14.0. The molecule has 1 fully saturated rings.